The minimum atomic E-state index is -3.97. The van der Waals surface area contributed by atoms with Crippen molar-refractivity contribution in [1.29, 1.82) is 0 Å². The number of nitrogens with one attached hydrogen (secondary N) is 1. The van der Waals surface area contributed by atoms with E-state index in [1.807, 2.05) is 50.2 Å². The third-order valence-corrected chi connectivity index (χ3v) is 8.15. The Bertz CT molecular complexity index is 1200. The number of hydrogen-bond acceptors (Lipinski definition) is 5. The van der Waals surface area contributed by atoms with Crippen LogP contribution in [0.25, 0.3) is 0 Å². The summed E-state index contributed by atoms with van der Waals surface area (Å²) in [6.45, 7) is 4.38. The standard InChI is InChI=1S/C26H29ClN2O4S2/c1-3-33-24-12-14-25(15-13-24)35(31,32)29(23-10-4-20(2)5-11-23)18-26(30)28-16-17-34-19-21-6-8-22(27)9-7-21/h4-15H,3,16-19H2,1-2H3,(H,28,30). The van der Waals surface area contributed by atoms with E-state index in [-0.39, 0.29) is 17.3 Å². The molecule has 0 radical (unpaired) electrons. The van der Waals surface area contributed by atoms with E-state index in [1.165, 1.54) is 12.1 Å². The van der Waals surface area contributed by atoms with Crippen molar-refractivity contribution in [2.75, 3.05) is 29.8 Å². The summed E-state index contributed by atoms with van der Waals surface area (Å²) in [6, 6.07) is 20.9. The fourth-order valence-electron chi connectivity index (χ4n) is 3.25. The van der Waals surface area contributed by atoms with Crippen LogP contribution in [0.1, 0.15) is 18.1 Å². The van der Waals surface area contributed by atoms with E-state index in [0.29, 0.717) is 35.4 Å². The first-order valence-corrected chi connectivity index (χ1v) is 14.2. The molecule has 0 fully saturated rings. The number of carbonyl (C=O) groups is 1. The first-order valence-electron chi connectivity index (χ1n) is 11.2. The van der Waals surface area contributed by atoms with Gasteiger partial charge < -0.3 is 10.1 Å². The highest BCUT2D eigenvalue weighted by Crippen LogP contribution is 2.25. The first-order chi connectivity index (χ1) is 16.8. The van der Waals surface area contributed by atoms with E-state index in [9.17, 15) is 13.2 Å². The van der Waals surface area contributed by atoms with Crippen LogP contribution in [0.5, 0.6) is 5.75 Å². The van der Waals surface area contributed by atoms with Crippen LogP contribution in [-0.4, -0.2) is 39.8 Å². The summed E-state index contributed by atoms with van der Waals surface area (Å²) in [5.41, 5.74) is 2.57. The van der Waals surface area contributed by atoms with Gasteiger partial charge >= 0.3 is 0 Å². The number of hydrogen-bond donors (Lipinski definition) is 1. The van der Waals surface area contributed by atoms with Gasteiger partial charge in [0.15, 0.2) is 0 Å². The normalized spacial score (nSPS) is 11.2. The highest BCUT2D eigenvalue weighted by atomic mass is 35.5. The van der Waals surface area contributed by atoms with Crippen LogP contribution in [0.15, 0.2) is 77.7 Å². The van der Waals surface area contributed by atoms with Gasteiger partial charge in [-0.2, -0.15) is 11.8 Å². The third-order valence-electron chi connectivity index (χ3n) is 5.08. The van der Waals surface area contributed by atoms with E-state index < -0.39 is 10.0 Å². The van der Waals surface area contributed by atoms with E-state index >= 15 is 0 Å². The van der Waals surface area contributed by atoms with E-state index in [4.69, 9.17) is 16.3 Å². The van der Waals surface area contributed by atoms with Crippen LogP contribution in [0.3, 0.4) is 0 Å². The molecule has 0 aromatic heterocycles. The minimum Gasteiger partial charge on any atom is -0.494 e. The highest BCUT2D eigenvalue weighted by molar-refractivity contribution is 7.98. The molecule has 0 aliphatic rings. The molecule has 0 saturated heterocycles. The van der Waals surface area contributed by atoms with Crippen molar-refractivity contribution in [2.45, 2.75) is 24.5 Å². The minimum absolute atomic E-state index is 0.0906. The number of sulfonamides is 1. The molecule has 1 N–H and O–H groups in total. The van der Waals surface area contributed by atoms with Crippen molar-refractivity contribution in [2.24, 2.45) is 0 Å². The molecule has 0 spiro atoms. The summed E-state index contributed by atoms with van der Waals surface area (Å²) in [5.74, 6) is 1.72. The summed E-state index contributed by atoms with van der Waals surface area (Å²) in [7, 11) is -3.97. The number of nitrogens with zero attached hydrogens (tertiary/aromatic N) is 1. The highest BCUT2D eigenvalue weighted by Gasteiger charge is 2.27. The Hall–Kier alpha value is -2.68. The summed E-state index contributed by atoms with van der Waals surface area (Å²) in [5, 5.41) is 3.53. The van der Waals surface area contributed by atoms with Crippen LogP contribution < -0.4 is 14.4 Å². The number of ether oxygens (including phenoxy) is 1. The molecule has 1 amide bonds. The SMILES string of the molecule is CCOc1ccc(S(=O)(=O)N(CC(=O)NCCSCc2ccc(Cl)cc2)c2ccc(C)cc2)cc1. The van der Waals surface area contributed by atoms with Crippen LogP contribution in [0, 0.1) is 6.92 Å². The van der Waals surface area contributed by atoms with Crippen molar-refractivity contribution in [3.63, 3.8) is 0 Å². The zero-order chi connectivity index (χ0) is 25.3. The van der Waals surface area contributed by atoms with E-state index in [2.05, 4.69) is 5.32 Å². The number of aryl methyl sites for hydroxylation is 1. The molecule has 3 aromatic carbocycles. The van der Waals surface area contributed by atoms with Crippen molar-refractivity contribution in [3.8, 4) is 5.75 Å². The quantitative estimate of drug-likeness (QED) is 0.321. The summed E-state index contributed by atoms with van der Waals surface area (Å²) in [6.07, 6.45) is 0. The lowest BCUT2D eigenvalue weighted by Gasteiger charge is -2.24. The van der Waals surface area contributed by atoms with Crippen molar-refractivity contribution in [3.05, 3.63) is 88.9 Å². The van der Waals surface area contributed by atoms with Crippen LogP contribution in [0.4, 0.5) is 5.69 Å². The second-order valence-electron chi connectivity index (χ2n) is 7.78. The molecule has 3 rings (SSSR count). The monoisotopic (exact) mass is 532 g/mol. The predicted molar refractivity (Wildman–Crippen MR) is 144 cm³/mol. The maximum atomic E-state index is 13.5. The Balaban J connectivity index is 1.64. The summed E-state index contributed by atoms with van der Waals surface area (Å²) >= 11 is 7.59. The third kappa shape index (κ3) is 7.92. The van der Waals surface area contributed by atoms with Gasteiger partial charge in [-0.1, -0.05) is 41.4 Å². The lowest BCUT2D eigenvalue weighted by atomic mass is 10.2. The number of rotatable bonds is 12. The number of carbonyl (C=O) groups excluding carboxylic acids is 1. The molecular weight excluding hydrogens is 504 g/mol. The number of halogens is 1. The molecule has 0 aliphatic heterocycles. The molecule has 6 nitrogen and oxygen atoms in total. The molecule has 35 heavy (non-hydrogen) atoms. The molecule has 0 atom stereocenters. The summed E-state index contributed by atoms with van der Waals surface area (Å²) < 4.78 is 33.5. The summed E-state index contributed by atoms with van der Waals surface area (Å²) in [4.78, 5) is 12.8. The fraction of sp³-hybridized carbons (Fsp3) is 0.269. The smallest absolute Gasteiger partial charge is 0.264 e. The Kier molecular flexibility index (Phi) is 9.89. The Morgan fingerprint density at radius 3 is 2.29 bits per heavy atom. The Labute approximate surface area is 216 Å². The van der Waals surface area contributed by atoms with Gasteiger partial charge in [-0.25, -0.2) is 8.42 Å². The number of amides is 1. The van der Waals surface area contributed by atoms with Crippen LogP contribution in [-0.2, 0) is 20.6 Å². The second kappa shape index (κ2) is 12.9. The Morgan fingerprint density at radius 2 is 1.66 bits per heavy atom. The lowest BCUT2D eigenvalue weighted by Crippen LogP contribution is -2.41. The van der Waals surface area contributed by atoms with Gasteiger partial charge in [0.1, 0.15) is 12.3 Å². The van der Waals surface area contributed by atoms with Crippen molar-refractivity contribution >= 4 is 45.0 Å². The molecule has 0 saturated carbocycles. The van der Waals surface area contributed by atoms with Crippen molar-refractivity contribution in [1.82, 2.24) is 5.32 Å². The first kappa shape index (κ1) is 26.9. The molecule has 3 aromatic rings. The van der Waals surface area contributed by atoms with E-state index in [0.717, 1.165) is 21.2 Å². The van der Waals surface area contributed by atoms with Gasteiger partial charge in [0.25, 0.3) is 10.0 Å². The molecule has 0 unspecified atom stereocenters. The lowest BCUT2D eigenvalue weighted by molar-refractivity contribution is -0.119. The van der Waals surface area contributed by atoms with Gasteiger partial charge in [0.05, 0.1) is 17.2 Å². The fourth-order valence-corrected chi connectivity index (χ4v) is 5.61. The molecular formula is C26H29ClN2O4S2. The van der Waals surface area contributed by atoms with Gasteiger partial charge in [-0.3, -0.25) is 9.10 Å². The van der Waals surface area contributed by atoms with Crippen LogP contribution >= 0.6 is 23.4 Å². The molecule has 0 aliphatic carbocycles. The molecule has 9 heteroatoms. The number of thioether (sulfide) groups is 1. The Morgan fingerprint density at radius 1 is 1.00 bits per heavy atom. The maximum Gasteiger partial charge on any atom is 0.264 e. The molecule has 0 heterocycles. The zero-order valence-corrected chi connectivity index (χ0v) is 22.1. The van der Waals surface area contributed by atoms with Gasteiger partial charge in [-0.05, 0) is 67.9 Å². The number of benzene rings is 3. The number of anilines is 1. The largest absolute Gasteiger partial charge is 0.494 e. The average molecular weight is 533 g/mol. The second-order valence-corrected chi connectivity index (χ2v) is 11.2. The van der Waals surface area contributed by atoms with Crippen molar-refractivity contribution < 1.29 is 17.9 Å². The van der Waals surface area contributed by atoms with Gasteiger partial charge in [-0.15, -0.1) is 0 Å². The van der Waals surface area contributed by atoms with Crippen LogP contribution in [0.2, 0.25) is 5.02 Å². The zero-order valence-electron chi connectivity index (χ0n) is 19.7. The predicted octanol–water partition coefficient (Wildman–Crippen LogP) is 5.29. The molecule has 0 bridgehead atoms. The average Bonchev–Trinajstić information content (AvgIpc) is 2.85. The molecule has 186 valence electrons. The van der Waals surface area contributed by atoms with Gasteiger partial charge in [0, 0.05) is 23.1 Å². The van der Waals surface area contributed by atoms with Gasteiger partial charge in [0.2, 0.25) is 5.91 Å². The van der Waals surface area contributed by atoms with E-state index in [1.54, 1.807) is 36.0 Å². The maximum absolute atomic E-state index is 13.5. The topological polar surface area (TPSA) is 75.7 Å².